The van der Waals surface area contributed by atoms with E-state index in [9.17, 15) is 0 Å². The first-order chi connectivity index (χ1) is 7.38. The number of hydrogen-bond donors (Lipinski definition) is 1. The Labute approximate surface area is 97.9 Å². The summed E-state index contributed by atoms with van der Waals surface area (Å²) in [5, 5.41) is 0. The van der Waals surface area contributed by atoms with E-state index < -0.39 is 0 Å². The number of likely N-dealkylation sites (tertiary alicyclic amines) is 1. The smallest absolute Gasteiger partial charge is 0.0233 e. The summed E-state index contributed by atoms with van der Waals surface area (Å²) in [7, 11) is 0. The fraction of sp³-hybridized carbons (Fsp3) is 0.538. The molecule has 0 amide bonds. The van der Waals surface area contributed by atoms with E-state index in [1.54, 1.807) is 0 Å². The molecule has 1 heterocycles. The summed E-state index contributed by atoms with van der Waals surface area (Å²) in [5.41, 5.74) is 1.43. The van der Waals surface area contributed by atoms with Crippen molar-refractivity contribution < 1.29 is 0 Å². The van der Waals surface area contributed by atoms with Gasteiger partial charge >= 0.3 is 0 Å². The molecule has 1 atom stereocenters. The lowest BCUT2D eigenvalue weighted by atomic mass is 9.99. The maximum absolute atomic E-state index is 4.40. The molecule has 0 radical (unpaired) electrons. The molecule has 2 heteroatoms. The first-order valence-electron chi connectivity index (χ1n) is 5.75. The van der Waals surface area contributed by atoms with Gasteiger partial charge in [-0.05, 0) is 36.6 Å². The van der Waals surface area contributed by atoms with Gasteiger partial charge in [-0.2, -0.15) is 12.6 Å². The van der Waals surface area contributed by atoms with Crippen LogP contribution in [0.3, 0.4) is 0 Å². The van der Waals surface area contributed by atoms with Gasteiger partial charge in [-0.3, -0.25) is 4.90 Å². The average molecular weight is 221 g/mol. The summed E-state index contributed by atoms with van der Waals surface area (Å²) < 4.78 is 0. The Morgan fingerprint density at radius 1 is 1.27 bits per heavy atom. The average Bonchev–Trinajstić information content (AvgIpc) is 2.31. The van der Waals surface area contributed by atoms with Crippen LogP contribution in [0.15, 0.2) is 30.3 Å². The summed E-state index contributed by atoms with van der Waals surface area (Å²) in [6.45, 7) is 3.57. The van der Waals surface area contributed by atoms with Gasteiger partial charge in [-0.15, -0.1) is 0 Å². The Morgan fingerprint density at radius 2 is 2.07 bits per heavy atom. The third-order valence-corrected chi connectivity index (χ3v) is 3.63. The molecule has 0 spiro atoms. The van der Waals surface area contributed by atoms with E-state index in [1.165, 1.54) is 31.5 Å². The Bertz CT molecular complexity index is 286. The summed E-state index contributed by atoms with van der Waals surface area (Å²) in [6, 6.07) is 10.7. The Morgan fingerprint density at radius 3 is 2.80 bits per heavy atom. The standard InChI is InChI=1S/C13H19NS/c15-11-13-7-4-8-14(10-13)9-12-5-2-1-3-6-12/h1-3,5-6,13,15H,4,7-11H2. The van der Waals surface area contributed by atoms with Crippen LogP contribution in [0, 0.1) is 5.92 Å². The highest BCUT2D eigenvalue weighted by Gasteiger charge is 2.18. The number of hydrogen-bond acceptors (Lipinski definition) is 2. The van der Waals surface area contributed by atoms with Crippen molar-refractivity contribution in [3.05, 3.63) is 35.9 Å². The molecule has 1 aromatic carbocycles. The van der Waals surface area contributed by atoms with Crippen LogP contribution in [0.1, 0.15) is 18.4 Å². The first kappa shape index (κ1) is 11.0. The zero-order valence-electron chi connectivity index (χ0n) is 9.10. The monoisotopic (exact) mass is 221 g/mol. The van der Waals surface area contributed by atoms with Gasteiger partial charge in [0, 0.05) is 13.1 Å². The van der Waals surface area contributed by atoms with Crippen molar-refractivity contribution >= 4 is 12.6 Å². The number of piperidine rings is 1. The van der Waals surface area contributed by atoms with Crippen LogP contribution in [-0.2, 0) is 6.54 Å². The van der Waals surface area contributed by atoms with Crippen LogP contribution in [0.5, 0.6) is 0 Å². The predicted molar refractivity (Wildman–Crippen MR) is 68.3 cm³/mol. The molecule has 1 aromatic rings. The van der Waals surface area contributed by atoms with Gasteiger partial charge in [-0.1, -0.05) is 30.3 Å². The van der Waals surface area contributed by atoms with Gasteiger partial charge in [-0.25, -0.2) is 0 Å². The van der Waals surface area contributed by atoms with Crippen LogP contribution >= 0.6 is 12.6 Å². The molecule has 15 heavy (non-hydrogen) atoms. The minimum atomic E-state index is 0.797. The second kappa shape index (κ2) is 5.57. The third kappa shape index (κ3) is 3.25. The Hall–Kier alpha value is -0.470. The summed E-state index contributed by atoms with van der Waals surface area (Å²) in [6.07, 6.45) is 2.69. The zero-order valence-corrected chi connectivity index (χ0v) is 10.00. The molecule has 1 fully saturated rings. The van der Waals surface area contributed by atoms with Crippen LogP contribution in [0.4, 0.5) is 0 Å². The molecular weight excluding hydrogens is 202 g/mol. The largest absolute Gasteiger partial charge is 0.299 e. The summed E-state index contributed by atoms with van der Waals surface area (Å²) in [5.74, 6) is 1.83. The highest BCUT2D eigenvalue weighted by Crippen LogP contribution is 2.19. The Balaban J connectivity index is 1.89. The molecule has 1 saturated heterocycles. The number of thiol groups is 1. The van der Waals surface area contributed by atoms with E-state index in [2.05, 4.69) is 47.9 Å². The van der Waals surface area contributed by atoms with Gasteiger partial charge in [0.2, 0.25) is 0 Å². The molecule has 2 rings (SSSR count). The van der Waals surface area contributed by atoms with Gasteiger partial charge in [0.15, 0.2) is 0 Å². The molecule has 1 unspecified atom stereocenters. The molecular formula is C13H19NS. The lowest BCUT2D eigenvalue weighted by molar-refractivity contribution is 0.179. The minimum Gasteiger partial charge on any atom is -0.299 e. The van der Waals surface area contributed by atoms with Crippen molar-refractivity contribution in [2.75, 3.05) is 18.8 Å². The van der Waals surface area contributed by atoms with Gasteiger partial charge in [0.05, 0.1) is 0 Å². The number of nitrogens with zero attached hydrogens (tertiary/aromatic N) is 1. The van der Waals surface area contributed by atoms with Crippen molar-refractivity contribution in [1.29, 1.82) is 0 Å². The van der Waals surface area contributed by atoms with Crippen molar-refractivity contribution in [2.24, 2.45) is 5.92 Å². The molecule has 0 bridgehead atoms. The lowest BCUT2D eigenvalue weighted by Crippen LogP contribution is -2.35. The molecule has 0 saturated carbocycles. The first-order valence-corrected chi connectivity index (χ1v) is 6.39. The van der Waals surface area contributed by atoms with Gasteiger partial charge < -0.3 is 0 Å². The van der Waals surface area contributed by atoms with E-state index in [0.717, 1.165) is 18.2 Å². The summed E-state index contributed by atoms with van der Waals surface area (Å²) in [4.78, 5) is 2.56. The van der Waals surface area contributed by atoms with Crippen molar-refractivity contribution in [3.8, 4) is 0 Å². The van der Waals surface area contributed by atoms with Gasteiger partial charge in [0.25, 0.3) is 0 Å². The van der Waals surface area contributed by atoms with Crippen molar-refractivity contribution in [1.82, 2.24) is 4.90 Å². The molecule has 1 aliphatic rings. The lowest BCUT2D eigenvalue weighted by Gasteiger charge is -2.31. The van der Waals surface area contributed by atoms with E-state index >= 15 is 0 Å². The number of rotatable bonds is 3. The topological polar surface area (TPSA) is 3.24 Å². The zero-order chi connectivity index (χ0) is 10.5. The minimum absolute atomic E-state index is 0.797. The molecule has 0 N–H and O–H groups in total. The van der Waals surface area contributed by atoms with Crippen LogP contribution in [0.2, 0.25) is 0 Å². The molecule has 0 aliphatic carbocycles. The highest BCUT2D eigenvalue weighted by molar-refractivity contribution is 7.80. The van der Waals surface area contributed by atoms with Gasteiger partial charge in [0.1, 0.15) is 0 Å². The van der Waals surface area contributed by atoms with Crippen LogP contribution < -0.4 is 0 Å². The fourth-order valence-electron chi connectivity index (χ4n) is 2.29. The van der Waals surface area contributed by atoms with Crippen molar-refractivity contribution in [3.63, 3.8) is 0 Å². The maximum atomic E-state index is 4.40. The molecule has 1 aliphatic heterocycles. The quantitative estimate of drug-likeness (QED) is 0.768. The number of benzene rings is 1. The maximum Gasteiger partial charge on any atom is 0.0233 e. The molecule has 0 aromatic heterocycles. The Kier molecular flexibility index (Phi) is 4.09. The van der Waals surface area contributed by atoms with E-state index in [4.69, 9.17) is 0 Å². The van der Waals surface area contributed by atoms with E-state index in [1.807, 2.05) is 0 Å². The SMILES string of the molecule is SCC1CCCN(Cc2ccccc2)C1. The normalized spacial score (nSPS) is 22.9. The van der Waals surface area contributed by atoms with E-state index in [-0.39, 0.29) is 0 Å². The second-order valence-electron chi connectivity index (χ2n) is 4.41. The summed E-state index contributed by atoms with van der Waals surface area (Å²) >= 11 is 4.40. The van der Waals surface area contributed by atoms with Crippen LogP contribution in [-0.4, -0.2) is 23.7 Å². The second-order valence-corrected chi connectivity index (χ2v) is 4.78. The highest BCUT2D eigenvalue weighted by atomic mass is 32.1. The molecule has 82 valence electrons. The van der Waals surface area contributed by atoms with E-state index in [0.29, 0.717) is 0 Å². The fourth-order valence-corrected chi connectivity index (χ4v) is 2.58. The third-order valence-electron chi connectivity index (χ3n) is 3.11. The van der Waals surface area contributed by atoms with Crippen LogP contribution in [0.25, 0.3) is 0 Å². The predicted octanol–water partition coefficient (Wildman–Crippen LogP) is 2.83. The molecule has 1 nitrogen and oxygen atoms in total. The van der Waals surface area contributed by atoms with Crippen molar-refractivity contribution in [2.45, 2.75) is 19.4 Å².